The van der Waals surface area contributed by atoms with Gasteiger partial charge in [0.05, 0.1) is 11.2 Å². The lowest BCUT2D eigenvalue weighted by molar-refractivity contribution is 0.563. The third-order valence-electron chi connectivity index (χ3n) is 3.45. The zero-order chi connectivity index (χ0) is 14.4. The van der Waals surface area contributed by atoms with Gasteiger partial charge in [-0.05, 0) is 12.1 Å². The first kappa shape index (κ1) is 12.5. The van der Waals surface area contributed by atoms with Gasteiger partial charge in [-0.3, -0.25) is 4.79 Å². The van der Waals surface area contributed by atoms with Gasteiger partial charge < -0.3 is 13.9 Å². The predicted molar refractivity (Wildman–Crippen MR) is 79.6 cm³/mol. The fourth-order valence-corrected chi connectivity index (χ4v) is 2.47. The molecule has 0 radical (unpaired) electrons. The molecule has 5 nitrogen and oxygen atoms in total. The Hall–Kier alpha value is -2.56. The number of pyridine rings is 1. The second-order valence-corrected chi connectivity index (χ2v) is 4.93. The molecule has 0 spiro atoms. The van der Waals surface area contributed by atoms with Crippen molar-refractivity contribution in [2.24, 2.45) is 7.05 Å². The second kappa shape index (κ2) is 4.23. The van der Waals surface area contributed by atoms with Crippen molar-refractivity contribution in [1.82, 2.24) is 4.57 Å². The molecule has 5 heteroatoms. The van der Waals surface area contributed by atoms with Crippen LogP contribution in [0.3, 0.4) is 0 Å². The molecule has 0 N–H and O–H groups in total. The Labute approximate surface area is 114 Å². The van der Waals surface area contributed by atoms with Crippen molar-refractivity contribution in [2.45, 2.75) is 0 Å². The average Bonchev–Trinajstić information content (AvgIpc) is 2.43. The summed E-state index contributed by atoms with van der Waals surface area (Å²) >= 11 is 0. The normalized spacial score (nSPS) is 11.2. The van der Waals surface area contributed by atoms with E-state index >= 15 is 0 Å². The van der Waals surface area contributed by atoms with Crippen LogP contribution in [-0.4, -0.2) is 18.7 Å². The van der Waals surface area contributed by atoms with Crippen LogP contribution in [0.15, 0.2) is 44.3 Å². The number of fused-ring (bicyclic) bond motifs is 3. The molecular weight excluding hydrogens is 256 g/mol. The van der Waals surface area contributed by atoms with Crippen LogP contribution >= 0.6 is 0 Å². The second-order valence-electron chi connectivity index (χ2n) is 4.93. The molecule has 0 fully saturated rings. The number of rotatable bonds is 1. The smallest absolute Gasteiger partial charge is 0.338 e. The number of nitrogens with zero attached hydrogens (tertiary/aromatic N) is 2. The molecule has 0 aliphatic rings. The molecule has 2 aromatic heterocycles. The van der Waals surface area contributed by atoms with Crippen LogP contribution in [-0.2, 0) is 7.05 Å². The van der Waals surface area contributed by atoms with Crippen molar-refractivity contribution in [3.8, 4) is 0 Å². The lowest BCUT2D eigenvalue weighted by atomic mass is 10.1. The molecule has 102 valence electrons. The number of aryl methyl sites for hydroxylation is 1. The van der Waals surface area contributed by atoms with E-state index in [2.05, 4.69) is 0 Å². The van der Waals surface area contributed by atoms with Gasteiger partial charge >= 0.3 is 5.63 Å². The topological polar surface area (TPSA) is 55.5 Å². The van der Waals surface area contributed by atoms with Crippen LogP contribution in [0.1, 0.15) is 0 Å². The number of anilines is 1. The maximum absolute atomic E-state index is 12.6. The molecule has 0 amide bonds. The number of para-hydroxylation sites is 1. The molecule has 20 heavy (non-hydrogen) atoms. The SMILES string of the molecule is CN(C)c1cc(=O)oc2c1c(=O)n(C)c1ccccc21. The van der Waals surface area contributed by atoms with Gasteiger partial charge in [0.15, 0.2) is 5.58 Å². The van der Waals surface area contributed by atoms with Gasteiger partial charge in [-0.1, -0.05) is 12.1 Å². The van der Waals surface area contributed by atoms with E-state index in [0.717, 1.165) is 10.9 Å². The van der Waals surface area contributed by atoms with Gasteiger partial charge in [0, 0.05) is 32.6 Å². The Morgan fingerprint density at radius 2 is 1.85 bits per heavy atom. The highest BCUT2D eigenvalue weighted by atomic mass is 16.4. The monoisotopic (exact) mass is 270 g/mol. The minimum Gasteiger partial charge on any atom is -0.422 e. The van der Waals surface area contributed by atoms with E-state index in [1.807, 2.05) is 24.3 Å². The summed E-state index contributed by atoms with van der Waals surface area (Å²) in [6, 6.07) is 8.73. The van der Waals surface area contributed by atoms with Crippen LogP contribution in [0.4, 0.5) is 5.69 Å². The molecule has 0 bridgehead atoms. The van der Waals surface area contributed by atoms with Crippen molar-refractivity contribution in [3.63, 3.8) is 0 Å². The van der Waals surface area contributed by atoms with Crippen LogP contribution in [0.2, 0.25) is 0 Å². The highest BCUT2D eigenvalue weighted by Gasteiger charge is 2.16. The molecule has 0 aliphatic carbocycles. The zero-order valence-electron chi connectivity index (χ0n) is 11.5. The van der Waals surface area contributed by atoms with Crippen molar-refractivity contribution < 1.29 is 4.42 Å². The van der Waals surface area contributed by atoms with Crippen LogP contribution in [0, 0.1) is 0 Å². The molecule has 1 aromatic carbocycles. The van der Waals surface area contributed by atoms with Crippen LogP contribution < -0.4 is 16.1 Å². The van der Waals surface area contributed by atoms with Gasteiger partial charge in [0.25, 0.3) is 5.56 Å². The molecule has 0 saturated carbocycles. The summed E-state index contributed by atoms with van der Waals surface area (Å²) in [5, 5.41) is 1.18. The first-order valence-corrected chi connectivity index (χ1v) is 6.23. The van der Waals surface area contributed by atoms with Crippen molar-refractivity contribution in [3.05, 3.63) is 51.1 Å². The van der Waals surface area contributed by atoms with Gasteiger partial charge in [-0.15, -0.1) is 0 Å². The quantitative estimate of drug-likeness (QED) is 0.632. The van der Waals surface area contributed by atoms with Crippen LogP contribution in [0.25, 0.3) is 21.9 Å². The number of hydrogen-bond donors (Lipinski definition) is 0. The number of benzene rings is 1. The summed E-state index contributed by atoms with van der Waals surface area (Å²) in [4.78, 5) is 26.0. The highest BCUT2D eigenvalue weighted by molar-refractivity contribution is 6.06. The van der Waals surface area contributed by atoms with Gasteiger partial charge in [0.2, 0.25) is 0 Å². The minimum absolute atomic E-state index is 0.175. The predicted octanol–water partition coefficient (Wildman–Crippen LogP) is 1.71. The number of aromatic nitrogens is 1. The molecule has 0 aliphatic heterocycles. The van der Waals surface area contributed by atoms with E-state index < -0.39 is 5.63 Å². The maximum Gasteiger partial charge on any atom is 0.338 e. The molecule has 0 saturated heterocycles. The fourth-order valence-electron chi connectivity index (χ4n) is 2.47. The molecule has 0 atom stereocenters. The highest BCUT2D eigenvalue weighted by Crippen LogP contribution is 2.26. The fraction of sp³-hybridized carbons (Fsp3) is 0.200. The van der Waals surface area contributed by atoms with Crippen molar-refractivity contribution in [1.29, 1.82) is 0 Å². The Morgan fingerprint density at radius 3 is 2.55 bits per heavy atom. The van der Waals surface area contributed by atoms with Gasteiger partial charge in [0.1, 0.15) is 5.39 Å². The number of hydrogen-bond acceptors (Lipinski definition) is 4. The van der Waals surface area contributed by atoms with Crippen LogP contribution in [0.5, 0.6) is 0 Å². The summed E-state index contributed by atoms with van der Waals surface area (Å²) < 4.78 is 6.88. The largest absolute Gasteiger partial charge is 0.422 e. The van der Waals surface area contributed by atoms with E-state index in [1.54, 1.807) is 30.6 Å². The van der Waals surface area contributed by atoms with E-state index in [4.69, 9.17) is 4.42 Å². The summed E-state index contributed by atoms with van der Waals surface area (Å²) in [5.74, 6) is 0. The maximum atomic E-state index is 12.6. The Morgan fingerprint density at radius 1 is 1.15 bits per heavy atom. The Balaban J connectivity index is 2.72. The van der Waals surface area contributed by atoms with E-state index in [0.29, 0.717) is 16.7 Å². The lowest BCUT2D eigenvalue weighted by Crippen LogP contribution is -2.22. The zero-order valence-corrected chi connectivity index (χ0v) is 11.5. The Bertz CT molecular complexity index is 935. The third-order valence-corrected chi connectivity index (χ3v) is 3.45. The first-order valence-electron chi connectivity index (χ1n) is 6.23. The Kier molecular flexibility index (Phi) is 2.64. The van der Waals surface area contributed by atoms with Crippen molar-refractivity contribution in [2.75, 3.05) is 19.0 Å². The summed E-state index contributed by atoms with van der Waals surface area (Å²) in [7, 11) is 5.31. The standard InChI is InChI=1S/C15H14N2O3/c1-16(2)11-8-12(18)20-14-9-6-4-5-7-10(9)17(3)15(19)13(11)14/h4-8H,1-3H3. The molecule has 2 heterocycles. The van der Waals surface area contributed by atoms with E-state index in [-0.39, 0.29) is 5.56 Å². The van der Waals surface area contributed by atoms with E-state index in [1.165, 1.54) is 6.07 Å². The molecule has 3 rings (SSSR count). The van der Waals surface area contributed by atoms with E-state index in [9.17, 15) is 9.59 Å². The molecule has 0 unspecified atom stereocenters. The minimum atomic E-state index is -0.459. The first-order chi connectivity index (χ1) is 9.50. The molecule has 3 aromatic rings. The summed E-state index contributed by atoms with van der Waals surface area (Å²) in [6.45, 7) is 0. The van der Waals surface area contributed by atoms with Crippen molar-refractivity contribution >= 4 is 27.6 Å². The third kappa shape index (κ3) is 1.63. The lowest BCUT2D eigenvalue weighted by Gasteiger charge is -2.15. The van der Waals surface area contributed by atoms with Gasteiger partial charge in [-0.2, -0.15) is 0 Å². The summed E-state index contributed by atoms with van der Waals surface area (Å²) in [5.41, 5.74) is 1.03. The van der Waals surface area contributed by atoms with Gasteiger partial charge in [-0.25, -0.2) is 4.79 Å². The molecular formula is C15H14N2O3. The summed E-state index contributed by atoms with van der Waals surface area (Å²) in [6.07, 6.45) is 0. The average molecular weight is 270 g/mol.